The highest BCUT2D eigenvalue weighted by molar-refractivity contribution is 5.81. The average Bonchev–Trinajstić information content (AvgIpc) is 2.51. The second kappa shape index (κ2) is 9.20. The lowest BCUT2D eigenvalue weighted by atomic mass is 10.1. The van der Waals surface area contributed by atoms with Crippen LogP contribution >= 0.6 is 0 Å². The normalized spacial score (nSPS) is 11.8. The van der Waals surface area contributed by atoms with Gasteiger partial charge in [-0.3, -0.25) is 4.79 Å². The number of nitrogens with one attached hydrogen (secondary N) is 2. The van der Waals surface area contributed by atoms with E-state index in [0.717, 1.165) is 5.56 Å². The molecule has 0 bridgehead atoms. The van der Waals surface area contributed by atoms with Crippen molar-refractivity contribution in [3.63, 3.8) is 0 Å². The number of carbonyl (C=O) groups excluding carboxylic acids is 1. The summed E-state index contributed by atoms with van der Waals surface area (Å²) in [5.74, 6) is 1.29. The highest BCUT2D eigenvalue weighted by Gasteiger charge is 2.14. The van der Waals surface area contributed by atoms with Crippen LogP contribution in [0, 0.1) is 0 Å². The Morgan fingerprint density at radius 1 is 1.24 bits per heavy atom. The van der Waals surface area contributed by atoms with Crippen LogP contribution in [0.1, 0.15) is 12.5 Å². The highest BCUT2D eigenvalue weighted by atomic mass is 16.5. The minimum Gasteiger partial charge on any atom is -0.493 e. The van der Waals surface area contributed by atoms with Crippen LogP contribution < -0.4 is 20.1 Å². The minimum absolute atomic E-state index is 0.0612. The van der Waals surface area contributed by atoms with Crippen molar-refractivity contribution in [3.05, 3.63) is 23.8 Å². The van der Waals surface area contributed by atoms with Gasteiger partial charge in [0.05, 0.1) is 26.9 Å². The molecular formula is C15H24N2O4. The van der Waals surface area contributed by atoms with Gasteiger partial charge >= 0.3 is 0 Å². The number of hydrogen-bond donors (Lipinski definition) is 2. The van der Waals surface area contributed by atoms with Crippen LogP contribution in [0.25, 0.3) is 0 Å². The average molecular weight is 296 g/mol. The molecule has 0 saturated carbocycles. The zero-order chi connectivity index (χ0) is 15.7. The Hall–Kier alpha value is -1.79. The molecule has 0 aliphatic rings. The summed E-state index contributed by atoms with van der Waals surface area (Å²) in [6.07, 6.45) is 0. The Morgan fingerprint density at radius 2 is 2.00 bits per heavy atom. The fraction of sp³-hybridized carbons (Fsp3) is 0.533. The molecule has 0 fully saturated rings. The summed E-state index contributed by atoms with van der Waals surface area (Å²) in [5, 5.41) is 5.95. The molecule has 1 rings (SSSR count). The number of amides is 1. The smallest absolute Gasteiger partial charge is 0.236 e. The summed E-state index contributed by atoms with van der Waals surface area (Å²) in [7, 11) is 4.80. The summed E-state index contributed by atoms with van der Waals surface area (Å²) in [5.41, 5.74) is 0.938. The molecule has 0 aliphatic heterocycles. The van der Waals surface area contributed by atoms with Gasteiger partial charge in [0.1, 0.15) is 0 Å². The molecule has 118 valence electrons. The predicted octanol–water partition coefficient (Wildman–Crippen LogP) is 0.945. The largest absolute Gasteiger partial charge is 0.493 e. The van der Waals surface area contributed by atoms with Crippen molar-refractivity contribution in [3.8, 4) is 11.5 Å². The van der Waals surface area contributed by atoms with Gasteiger partial charge in [-0.25, -0.2) is 0 Å². The minimum atomic E-state index is -0.308. The summed E-state index contributed by atoms with van der Waals surface area (Å²) >= 11 is 0. The molecule has 0 spiro atoms. The monoisotopic (exact) mass is 296 g/mol. The van der Waals surface area contributed by atoms with Gasteiger partial charge in [-0.15, -0.1) is 0 Å². The van der Waals surface area contributed by atoms with E-state index in [1.165, 1.54) is 0 Å². The summed E-state index contributed by atoms with van der Waals surface area (Å²) in [6, 6.07) is 5.35. The number of hydrogen-bond acceptors (Lipinski definition) is 5. The standard InChI is InChI=1S/C15H24N2O4/c1-11(15(18)16-8-9-19-2)17-10-12-6-5-7-13(20-3)14(12)21-4/h5-7,11,17H,8-10H2,1-4H3,(H,16,18). The van der Waals surface area contributed by atoms with E-state index in [-0.39, 0.29) is 11.9 Å². The van der Waals surface area contributed by atoms with Crippen molar-refractivity contribution >= 4 is 5.91 Å². The van der Waals surface area contributed by atoms with Crippen LogP contribution in [0.3, 0.4) is 0 Å². The summed E-state index contributed by atoms with van der Waals surface area (Å²) < 4.78 is 15.5. The van der Waals surface area contributed by atoms with Gasteiger partial charge in [-0.2, -0.15) is 0 Å². The zero-order valence-corrected chi connectivity index (χ0v) is 13.1. The van der Waals surface area contributed by atoms with Crippen molar-refractivity contribution in [1.82, 2.24) is 10.6 Å². The summed E-state index contributed by atoms with van der Waals surface area (Å²) in [6.45, 7) is 3.33. The lowest BCUT2D eigenvalue weighted by Crippen LogP contribution is -2.42. The quantitative estimate of drug-likeness (QED) is 0.664. The number of methoxy groups -OCH3 is 3. The fourth-order valence-electron chi connectivity index (χ4n) is 1.88. The maximum atomic E-state index is 11.8. The first-order valence-electron chi connectivity index (χ1n) is 6.84. The van der Waals surface area contributed by atoms with Crippen LogP contribution in [0.15, 0.2) is 18.2 Å². The second-order valence-corrected chi connectivity index (χ2v) is 4.54. The molecule has 6 heteroatoms. The Balaban J connectivity index is 2.56. The third-order valence-corrected chi connectivity index (χ3v) is 3.08. The first-order chi connectivity index (χ1) is 10.1. The lowest BCUT2D eigenvalue weighted by molar-refractivity contribution is -0.122. The van der Waals surface area contributed by atoms with Crippen molar-refractivity contribution < 1.29 is 19.0 Å². The van der Waals surface area contributed by atoms with E-state index in [1.54, 1.807) is 21.3 Å². The van der Waals surface area contributed by atoms with Crippen molar-refractivity contribution in [1.29, 1.82) is 0 Å². The van der Waals surface area contributed by atoms with Gasteiger partial charge in [0.25, 0.3) is 0 Å². The van der Waals surface area contributed by atoms with Crippen LogP contribution in [-0.4, -0.2) is 46.4 Å². The van der Waals surface area contributed by atoms with Crippen LogP contribution in [0.2, 0.25) is 0 Å². The number of para-hydroxylation sites is 1. The van der Waals surface area contributed by atoms with Crippen molar-refractivity contribution in [2.24, 2.45) is 0 Å². The van der Waals surface area contributed by atoms with Crippen molar-refractivity contribution in [2.45, 2.75) is 19.5 Å². The first-order valence-corrected chi connectivity index (χ1v) is 6.84. The zero-order valence-electron chi connectivity index (χ0n) is 13.1. The first kappa shape index (κ1) is 17.3. The molecule has 0 aromatic heterocycles. The van der Waals surface area contributed by atoms with Crippen LogP contribution in [0.5, 0.6) is 11.5 Å². The maximum absolute atomic E-state index is 11.8. The topological polar surface area (TPSA) is 68.8 Å². The molecule has 0 radical (unpaired) electrons. The molecule has 2 N–H and O–H groups in total. The van der Waals surface area contributed by atoms with E-state index < -0.39 is 0 Å². The van der Waals surface area contributed by atoms with Crippen LogP contribution in [0.4, 0.5) is 0 Å². The Bertz CT molecular complexity index is 451. The van der Waals surface area contributed by atoms with E-state index in [9.17, 15) is 4.79 Å². The van der Waals surface area contributed by atoms with E-state index in [2.05, 4.69) is 10.6 Å². The summed E-state index contributed by atoms with van der Waals surface area (Å²) in [4.78, 5) is 11.8. The van der Waals surface area contributed by atoms with Gasteiger partial charge in [0.2, 0.25) is 5.91 Å². The predicted molar refractivity (Wildman–Crippen MR) is 80.7 cm³/mol. The number of ether oxygens (including phenoxy) is 3. The maximum Gasteiger partial charge on any atom is 0.236 e. The third-order valence-electron chi connectivity index (χ3n) is 3.08. The molecule has 21 heavy (non-hydrogen) atoms. The molecular weight excluding hydrogens is 272 g/mol. The molecule has 1 atom stereocenters. The number of carbonyl (C=O) groups is 1. The fourth-order valence-corrected chi connectivity index (χ4v) is 1.88. The lowest BCUT2D eigenvalue weighted by Gasteiger charge is -2.16. The molecule has 0 saturated heterocycles. The highest BCUT2D eigenvalue weighted by Crippen LogP contribution is 2.30. The Morgan fingerprint density at radius 3 is 2.62 bits per heavy atom. The second-order valence-electron chi connectivity index (χ2n) is 4.54. The molecule has 1 aromatic rings. The van der Waals surface area contributed by atoms with Crippen molar-refractivity contribution in [2.75, 3.05) is 34.5 Å². The molecule has 0 heterocycles. The molecule has 1 aromatic carbocycles. The Labute approximate surface area is 125 Å². The third kappa shape index (κ3) is 5.24. The number of rotatable bonds is 9. The van der Waals surface area contributed by atoms with E-state index in [0.29, 0.717) is 31.2 Å². The van der Waals surface area contributed by atoms with Gasteiger partial charge in [0, 0.05) is 25.8 Å². The van der Waals surface area contributed by atoms with Gasteiger partial charge in [-0.05, 0) is 13.0 Å². The molecule has 6 nitrogen and oxygen atoms in total. The van der Waals surface area contributed by atoms with E-state index in [1.807, 2.05) is 25.1 Å². The SMILES string of the molecule is COCCNC(=O)C(C)NCc1cccc(OC)c1OC. The Kier molecular flexibility index (Phi) is 7.56. The van der Waals surface area contributed by atoms with Crippen LogP contribution in [-0.2, 0) is 16.1 Å². The van der Waals surface area contributed by atoms with Gasteiger partial charge in [0.15, 0.2) is 11.5 Å². The molecule has 1 unspecified atom stereocenters. The number of benzene rings is 1. The van der Waals surface area contributed by atoms with E-state index in [4.69, 9.17) is 14.2 Å². The van der Waals surface area contributed by atoms with Gasteiger partial charge in [-0.1, -0.05) is 12.1 Å². The van der Waals surface area contributed by atoms with Gasteiger partial charge < -0.3 is 24.8 Å². The molecule has 0 aliphatic carbocycles. The molecule has 1 amide bonds. The van der Waals surface area contributed by atoms with E-state index >= 15 is 0 Å².